The number of aromatic nitrogens is 3. The first-order valence-corrected chi connectivity index (χ1v) is 12.4. The Balaban J connectivity index is 1.48. The van der Waals surface area contributed by atoms with E-state index in [0.717, 1.165) is 31.9 Å². The van der Waals surface area contributed by atoms with Crippen molar-refractivity contribution in [1.82, 2.24) is 25.2 Å². The minimum absolute atomic E-state index is 0.485. The van der Waals surface area contributed by atoms with Gasteiger partial charge in [-0.1, -0.05) is 19.1 Å². The molecule has 0 unspecified atom stereocenters. The van der Waals surface area contributed by atoms with Gasteiger partial charge in [0, 0.05) is 43.7 Å². The van der Waals surface area contributed by atoms with Crippen molar-refractivity contribution in [1.29, 1.82) is 0 Å². The summed E-state index contributed by atoms with van der Waals surface area (Å²) in [5, 5.41) is 11.5. The van der Waals surface area contributed by atoms with Gasteiger partial charge in [-0.25, -0.2) is 4.68 Å². The Morgan fingerprint density at radius 1 is 1.10 bits per heavy atom. The summed E-state index contributed by atoms with van der Waals surface area (Å²) in [7, 11) is -1.86. The maximum atomic E-state index is 12.0. The highest BCUT2D eigenvalue weighted by molar-refractivity contribution is 8.00. The van der Waals surface area contributed by atoms with E-state index < -0.39 is 9.52 Å². The predicted molar refractivity (Wildman–Crippen MR) is 116 cm³/mol. The molecule has 168 valence electrons. The van der Waals surface area contributed by atoms with E-state index in [1.165, 1.54) is 0 Å². The normalized spacial score (nSPS) is 17.2. The van der Waals surface area contributed by atoms with E-state index in [9.17, 15) is 4.21 Å². The summed E-state index contributed by atoms with van der Waals surface area (Å²) < 4.78 is 30.4. The number of nitrogens with zero attached hydrogens (tertiary/aromatic N) is 4. The maximum Gasteiger partial charge on any atom is 0.0738 e. The zero-order valence-electron chi connectivity index (χ0n) is 17.9. The van der Waals surface area contributed by atoms with Gasteiger partial charge in [-0.15, -0.1) is 5.10 Å². The van der Waals surface area contributed by atoms with E-state index >= 15 is 0 Å². The molecule has 0 aliphatic carbocycles. The SMILES string of the molecule is C=S1(=O)CCN(Cc2cnnn2CCOCCOCCOCCNC(C)C)CC1. The summed E-state index contributed by atoms with van der Waals surface area (Å²) in [6.45, 7) is 11.6. The second-order valence-corrected chi connectivity index (χ2v) is 10.3. The Labute approximate surface area is 175 Å². The molecule has 1 aliphatic rings. The van der Waals surface area contributed by atoms with Crippen LogP contribution in [-0.2, 0) is 36.8 Å². The van der Waals surface area contributed by atoms with Gasteiger partial charge in [-0.2, -0.15) is 0 Å². The monoisotopic (exact) mass is 431 g/mol. The highest BCUT2D eigenvalue weighted by atomic mass is 32.2. The number of hydrogen-bond acceptors (Lipinski definition) is 8. The minimum atomic E-state index is -1.86. The lowest BCUT2D eigenvalue weighted by atomic mass is 10.4. The van der Waals surface area contributed by atoms with Crippen molar-refractivity contribution in [2.45, 2.75) is 33.0 Å². The molecule has 1 N–H and O–H groups in total. The summed E-state index contributed by atoms with van der Waals surface area (Å²) in [5.74, 6) is 5.14. The first kappa shape index (κ1) is 24.2. The molecule has 0 atom stereocenters. The summed E-state index contributed by atoms with van der Waals surface area (Å²) in [6, 6.07) is 0.485. The predicted octanol–water partition coefficient (Wildman–Crippen LogP) is -0.142. The summed E-state index contributed by atoms with van der Waals surface area (Å²) in [4.78, 5) is 2.28. The zero-order valence-corrected chi connectivity index (χ0v) is 18.7. The third-order valence-electron chi connectivity index (χ3n) is 4.63. The van der Waals surface area contributed by atoms with Crippen LogP contribution in [0, 0.1) is 0 Å². The second-order valence-electron chi connectivity index (χ2n) is 7.54. The molecule has 2 rings (SSSR count). The zero-order chi connectivity index (χ0) is 21.0. The lowest BCUT2D eigenvalue weighted by molar-refractivity contribution is 0.0130. The van der Waals surface area contributed by atoms with E-state index in [0.29, 0.717) is 63.7 Å². The highest BCUT2D eigenvalue weighted by Gasteiger charge is 2.19. The van der Waals surface area contributed by atoms with E-state index in [1.54, 1.807) is 6.20 Å². The third-order valence-corrected chi connectivity index (χ3v) is 6.49. The number of rotatable bonds is 15. The van der Waals surface area contributed by atoms with Gasteiger partial charge >= 0.3 is 0 Å². The van der Waals surface area contributed by atoms with Crippen molar-refractivity contribution in [2.24, 2.45) is 0 Å². The van der Waals surface area contributed by atoms with Crippen LogP contribution in [0.15, 0.2) is 6.20 Å². The maximum absolute atomic E-state index is 12.0. The standard InChI is InChI=1S/C19H37N5O4S/c1-18(2)20-4-8-26-10-12-28-13-11-27-9-5-24-19(16-21-22-24)17-23-6-14-29(3,25)15-7-23/h16,18,20H,3-15,17H2,1-2H3. The molecule has 0 aromatic carbocycles. The van der Waals surface area contributed by atoms with Crippen molar-refractivity contribution < 1.29 is 18.4 Å². The lowest BCUT2D eigenvalue weighted by Crippen LogP contribution is -2.40. The van der Waals surface area contributed by atoms with Crippen molar-refractivity contribution in [3.8, 4) is 0 Å². The average molecular weight is 432 g/mol. The molecule has 9 nitrogen and oxygen atoms in total. The molecule has 0 radical (unpaired) electrons. The van der Waals surface area contributed by atoms with Crippen molar-refractivity contribution in [2.75, 3.05) is 70.8 Å². The average Bonchev–Trinajstić information content (AvgIpc) is 3.11. The molecule has 1 saturated heterocycles. The topological polar surface area (TPSA) is 90.7 Å². The van der Waals surface area contributed by atoms with Gasteiger partial charge in [0.05, 0.1) is 58.1 Å². The fourth-order valence-corrected chi connectivity index (χ4v) is 4.28. The van der Waals surface area contributed by atoms with Crippen LogP contribution in [0.2, 0.25) is 0 Å². The van der Waals surface area contributed by atoms with E-state index in [4.69, 9.17) is 14.2 Å². The first-order valence-electron chi connectivity index (χ1n) is 10.4. The molecule has 2 heterocycles. The molecule has 0 amide bonds. The molecule has 1 fully saturated rings. The fourth-order valence-electron chi connectivity index (χ4n) is 2.89. The Morgan fingerprint density at radius 2 is 1.72 bits per heavy atom. The molecular weight excluding hydrogens is 394 g/mol. The minimum Gasteiger partial charge on any atom is -0.378 e. The highest BCUT2D eigenvalue weighted by Crippen LogP contribution is 2.09. The third kappa shape index (κ3) is 10.5. The molecule has 1 aliphatic heterocycles. The smallest absolute Gasteiger partial charge is 0.0738 e. The van der Waals surface area contributed by atoms with Crippen molar-refractivity contribution in [3.63, 3.8) is 0 Å². The summed E-state index contributed by atoms with van der Waals surface area (Å²) in [6.07, 6.45) is 1.79. The van der Waals surface area contributed by atoms with Crippen molar-refractivity contribution >= 4 is 15.4 Å². The Hall–Kier alpha value is -1.04. The Kier molecular flexibility index (Phi) is 11.1. The molecule has 0 bridgehead atoms. The molecule has 0 spiro atoms. The lowest BCUT2D eigenvalue weighted by Gasteiger charge is -2.28. The Morgan fingerprint density at radius 3 is 2.38 bits per heavy atom. The van der Waals surface area contributed by atoms with Crippen LogP contribution in [0.25, 0.3) is 0 Å². The molecule has 0 saturated carbocycles. The van der Waals surface area contributed by atoms with Gasteiger partial charge in [0.2, 0.25) is 0 Å². The number of nitrogens with one attached hydrogen (secondary N) is 1. The van der Waals surface area contributed by atoms with Crippen LogP contribution in [0.5, 0.6) is 0 Å². The number of ether oxygens (including phenoxy) is 3. The molecule has 29 heavy (non-hydrogen) atoms. The summed E-state index contributed by atoms with van der Waals surface area (Å²) >= 11 is 0. The van der Waals surface area contributed by atoms with Gasteiger partial charge in [-0.3, -0.25) is 9.11 Å². The quantitative estimate of drug-likeness (QED) is 0.303. The van der Waals surface area contributed by atoms with Crippen LogP contribution in [-0.4, -0.2) is 107 Å². The Bertz CT molecular complexity index is 651. The molecule has 10 heteroatoms. The second kappa shape index (κ2) is 13.3. The van der Waals surface area contributed by atoms with Crippen LogP contribution < -0.4 is 5.32 Å². The van der Waals surface area contributed by atoms with Gasteiger partial charge in [0.25, 0.3) is 0 Å². The molecule has 1 aromatic heterocycles. The van der Waals surface area contributed by atoms with Crippen LogP contribution in [0.4, 0.5) is 0 Å². The largest absolute Gasteiger partial charge is 0.378 e. The van der Waals surface area contributed by atoms with Crippen LogP contribution in [0.3, 0.4) is 0 Å². The van der Waals surface area contributed by atoms with E-state index in [-0.39, 0.29) is 0 Å². The van der Waals surface area contributed by atoms with Gasteiger partial charge in [-0.05, 0) is 15.4 Å². The van der Waals surface area contributed by atoms with Crippen LogP contribution >= 0.6 is 0 Å². The van der Waals surface area contributed by atoms with Gasteiger partial charge < -0.3 is 19.5 Å². The van der Waals surface area contributed by atoms with E-state index in [1.807, 2.05) is 4.68 Å². The van der Waals surface area contributed by atoms with Crippen LogP contribution in [0.1, 0.15) is 19.5 Å². The van der Waals surface area contributed by atoms with Crippen molar-refractivity contribution in [3.05, 3.63) is 11.9 Å². The summed E-state index contributed by atoms with van der Waals surface area (Å²) in [5.41, 5.74) is 1.05. The van der Waals surface area contributed by atoms with E-state index in [2.05, 4.69) is 40.2 Å². The van der Waals surface area contributed by atoms with Gasteiger partial charge in [0.1, 0.15) is 0 Å². The first-order chi connectivity index (χ1) is 14.0. The molecular formula is C19H37N5O4S. The fraction of sp³-hybridized carbons (Fsp3) is 0.842. The number of hydrogen-bond donors (Lipinski definition) is 1. The molecule has 1 aromatic rings. The van der Waals surface area contributed by atoms with Gasteiger partial charge in [0.15, 0.2) is 0 Å².